The molecule has 0 radical (unpaired) electrons. The number of hydrogen-bond acceptors (Lipinski definition) is 3. The van der Waals surface area contributed by atoms with Gasteiger partial charge in [0.05, 0.1) is 12.1 Å². The second-order valence-electron chi connectivity index (χ2n) is 6.14. The topological polar surface area (TPSA) is 69.6 Å². The molecule has 1 aliphatic rings. The number of benzene rings is 1. The molecule has 2 rings (SSSR count). The lowest BCUT2D eigenvalue weighted by molar-refractivity contribution is 0.144. The fourth-order valence-electron chi connectivity index (χ4n) is 2.72. The van der Waals surface area contributed by atoms with Crippen LogP contribution in [0.1, 0.15) is 38.4 Å². The van der Waals surface area contributed by atoms with Crippen molar-refractivity contribution in [2.24, 2.45) is 5.92 Å². The van der Waals surface area contributed by atoms with Gasteiger partial charge in [-0.05, 0) is 43.4 Å². The molecule has 2 N–H and O–H groups in total. The van der Waals surface area contributed by atoms with E-state index in [0.29, 0.717) is 13.1 Å². The second kappa shape index (κ2) is 7.21. The molecule has 5 nitrogen and oxygen atoms in total. The maximum absolute atomic E-state index is 13.2. The van der Waals surface area contributed by atoms with Crippen molar-refractivity contribution in [3.63, 3.8) is 0 Å². The van der Waals surface area contributed by atoms with Gasteiger partial charge in [-0.3, -0.25) is 0 Å². The zero-order chi connectivity index (χ0) is 17.2. The van der Waals surface area contributed by atoms with Gasteiger partial charge < -0.3 is 5.11 Å². The van der Waals surface area contributed by atoms with Gasteiger partial charge in [-0.2, -0.15) is 17.4 Å². The largest absolute Gasteiger partial charge is 0.387 e. The first-order valence-electron chi connectivity index (χ1n) is 7.61. The van der Waals surface area contributed by atoms with Gasteiger partial charge in [-0.15, -0.1) is 0 Å². The summed E-state index contributed by atoms with van der Waals surface area (Å²) in [7, 11) is -3.73. The number of nitrogens with one attached hydrogen (secondary N) is 1. The number of nitrogens with zero attached hydrogens (tertiary/aromatic N) is 1. The van der Waals surface area contributed by atoms with Crippen LogP contribution in [0.4, 0.5) is 8.78 Å². The molecule has 0 saturated carbocycles. The summed E-state index contributed by atoms with van der Waals surface area (Å²) in [5.41, 5.74) is 0.117. The molecule has 23 heavy (non-hydrogen) atoms. The van der Waals surface area contributed by atoms with Crippen molar-refractivity contribution >= 4 is 10.2 Å². The van der Waals surface area contributed by atoms with E-state index >= 15 is 0 Å². The van der Waals surface area contributed by atoms with Crippen LogP contribution in [0.2, 0.25) is 0 Å². The molecule has 130 valence electrons. The average Bonchev–Trinajstić information content (AvgIpc) is 2.49. The summed E-state index contributed by atoms with van der Waals surface area (Å²) in [6, 6.07) is 2.13. The average molecular weight is 348 g/mol. The Morgan fingerprint density at radius 2 is 2.04 bits per heavy atom. The van der Waals surface area contributed by atoms with Gasteiger partial charge in [-0.25, -0.2) is 8.78 Å². The number of halogens is 2. The second-order valence-corrected chi connectivity index (χ2v) is 7.84. The van der Waals surface area contributed by atoms with Crippen molar-refractivity contribution in [1.82, 2.24) is 9.03 Å². The molecular formula is C15H22F2N2O3S. The molecule has 0 spiro atoms. The molecule has 0 aliphatic carbocycles. The molecule has 1 fully saturated rings. The van der Waals surface area contributed by atoms with E-state index in [-0.39, 0.29) is 11.5 Å². The number of rotatable bonds is 5. The Labute approximate surface area is 135 Å². The van der Waals surface area contributed by atoms with Gasteiger partial charge in [0.25, 0.3) is 10.2 Å². The third kappa shape index (κ3) is 4.47. The van der Waals surface area contributed by atoms with Gasteiger partial charge in [0.2, 0.25) is 0 Å². The molecular weight excluding hydrogens is 326 g/mol. The summed E-state index contributed by atoms with van der Waals surface area (Å²) in [6.07, 6.45) is 0.503. The highest BCUT2D eigenvalue weighted by atomic mass is 32.2. The number of aliphatic hydroxyl groups excluding tert-OH is 1. The van der Waals surface area contributed by atoms with Crippen LogP contribution in [0.25, 0.3) is 0 Å². The summed E-state index contributed by atoms with van der Waals surface area (Å²) in [4.78, 5) is 0. The highest BCUT2D eigenvalue weighted by Gasteiger charge is 2.30. The van der Waals surface area contributed by atoms with E-state index in [1.807, 2.05) is 6.92 Å². The van der Waals surface area contributed by atoms with Crippen LogP contribution < -0.4 is 4.72 Å². The highest BCUT2D eigenvalue weighted by Crippen LogP contribution is 2.22. The maximum Gasteiger partial charge on any atom is 0.279 e. The molecule has 0 bridgehead atoms. The van der Waals surface area contributed by atoms with Gasteiger partial charge in [0.1, 0.15) is 0 Å². The Kier molecular flexibility index (Phi) is 5.72. The molecule has 1 aromatic rings. The van der Waals surface area contributed by atoms with Crippen molar-refractivity contribution in [2.75, 3.05) is 13.1 Å². The molecule has 1 heterocycles. The molecule has 1 aliphatic heterocycles. The Bertz CT molecular complexity index is 654. The first kappa shape index (κ1) is 18.3. The van der Waals surface area contributed by atoms with Crippen LogP contribution >= 0.6 is 0 Å². The van der Waals surface area contributed by atoms with E-state index < -0.39 is 34.0 Å². The van der Waals surface area contributed by atoms with Crippen molar-refractivity contribution in [3.05, 3.63) is 35.4 Å². The van der Waals surface area contributed by atoms with Gasteiger partial charge in [0, 0.05) is 13.1 Å². The van der Waals surface area contributed by atoms with Gasteiger partial charge in [0.15, 0.2) is 11.6 Å². The Balaban J connectivity index is 2.07. The molecule has 8 heteroatoms. The minimum absolute atomic E-state index is 0.117. The number of hydrogen-bond donors (Lipinski definition) is 2. The lowest BCUT2D eigenvalue weighted by Crippen LogP contribution is -2.49. The molecule has 1 aromatic carbocycles. The van der Waals surface area contributed by atoms with Gasteiger partial charge in [-0.1, -0.05) is 13.0 Å². The normalized spacial score (nSPS) is 22.7. The van der Waals surface area contributed by atoms with E-state index in [1.165, 1.54) is 17.3 Å². The zero-order valence-electron chi connectivity index (χ0n) is 13.2. The number of piperidine rings is 1. The van der Waals surface area contributed by atoms with Crippen molar-refractivity contribution < 1.29 is 22.3 Å². The summed E-state index contributed by atoms with van der Waals surface area (Å²) in [6.45, 7) is 4.34. The smallest absolute Gasteiger partial charge is 0.279 e. The quantitative estimate of drug-likeness (QED) is 0.855. The van der Waals surface area contributed by atoms with Gasteiger partial charge >= 0.3 is 0 Å². The van der Waals surface area contributed by atoms with Crippen LogP contribution in [-0.2, 0) is 10.2 Å². The first-order valence-corrected chi connectivity index (χ1v) is 9.05. The molecule has 0 unspecified atom stereocenters. The van der Waals surface area contributed by atoms with Crippen molar-refractivity contribution in [1.29, 1.82) is 0 Å². The monoisotopic (exact) mass is 348 g/mol. The van der Waals surface area contributed by atoms with E-state index in [4.69, 9.17) is 0 Å². The van der Waals surface area contributed by atoms with Crippen LogP contribution in [0.5, 0.6) is 0 Å². The predicted molar refractivity (Wildman–Crippen MR) is 82.8 cm³/mol. The highest BCUT2D eigenvalue weighted by molar-refractivity contribution is 7.87. The van der Waals surface area contributed by atoms with Crippen LogP contribution in [-0.4, -0.2) is 37.0 Å². The van der Waals surface area contributed by atoms with Crippen molar-refractivity contribution in [2.45, 2.75) is 38.8 Å². The summed E-state index contributed by atoms with van der Waals surface area (Å²) < 4.78 is 54.7. The molecule has 3 atom stereocenters. The third-order valence-corrected chi connectivity index (χ3v) is 5.73. The summed E-state index contributed by atoms with van der Waals surface area (Å²) in [5.74, 6) is -1.82. The first-order chi connectivity index (χ1) is 10.7. The van der Waals surface area contributed by atoms with Crippen LogP contribution in [0, 0.1) is 17.6 Å². The fraction of sp³-hybridized carbons (Fsp3) is 0.600. The molecule has 0 amide bonds. The molecule has 0 aromatic heterocycles. The Morgan fingerprint density at radius 1 is 1.35 bits per heavy atom. The lowest BCUT2D eigenvalue weighted by atomic mass is 10.0. The van der Waals surface area contributed by atoms with E-state index in [1.54, 1.807) is 0 Å². The zero-order valence-corrected chi connectivity index (χ0v) is 14.0. The summed E-state index contributed by atoms with van der Waals surface area (Å²) in [5, 5.41) is 10.2. The Hall–Kier alpha value is -1.09. The molecule has 1 saturated heterocycles. The standard InChI is InChI=1S/C15H22F2N2O3S/c1-10-4-3-7-19(9-10)23(21,22)18-11(2)15(20)12-5-6-13(16)14(17)8-12/h5-6,8,10-11,15,18,20H,3-4,7,9H2,1-2H3/t10-,11-,15-/m1/s1. The Morgan fingerprint density at radius 3 is 2.65 bits per heavy atom. The maximum atomic E-state index is 13.2. The fourth-order valence-corrected chi connectivity index (χ4v) is 4.29. The SMILES string of the molecule is C[C@@H]1CCCN(S(=O)(=O)N[C@H](C)[C@@H](O)c2ccc(F)c(F)c2)C1. The number of aliphatic hydroxyl groups is 1. The third-order valence-electron chi connectivity index (χ3n) is 4.05. The van der Waals surface area contributed by atoms with E-state index in [0.717, 1.165) is 25.0 Å². The summed E-state index contributed by atoms with van der Waals surface area (Å²) >= 11 is 0. The minimum atomic E-state index is -3.73. The lowest BCUT2D eigenvalue weighted by Gasteiger charge is -2.32. The minimum Gasteiger partial charge on any atom is -0.387 e. The predicted octanol–water partition coefficient (Wildman–Crippen LogP) is 1.95. The van der Waals surface area contributed by atoms with Crippen LogP contribution in [0.3, 0.4) is 0 Å². The van der Waals surface area contributed by atoms with Crippen LogP contribution in [0.15, 0.2) is 18.2 Å². The van der Waals surface area contributed by atoms with Crippen molar-refractivity contribution in [3.8, 4) is 0 Å². The van der Waals surface area contributed by atoms with E-state index in [2.05, 4.69) is 4.72 Å². The van der Waals surface area contributed by atoms with E-state index in [9.17, 15) is 22.3 Å².